The van der Waals surface area contributed by atoms with Crippen molar-refractivity contribution >= 4 is 5.82 Å². The van der Waals surface area contributed by atoms with Crippen molar-refractivity contribution in [3.8, 4) is 0 Å². The molecule has 1 unspecified atom stereocenters. The lowest BCUT2D eigenvalue weighted by molar-refractivity contribution is 0.187. The summed E-state index contributed by atoms with van der Waals surface area (Å²) in [5.41, 5.74) is 0.963. The van der Waals surface area contributed by atoms with Crippen molar-refractivity contribution in [3.63, 3.8) is 0 Å². The standard InChI is InChI=1S/C17H31N3O/c1-12(21)9-10-20(8)14-11-13(16(2,3)4)18-15(19-14)17(5,6)7/h11-12,21H,9-10H2,1-8H3. The maximum Gasteiger partial charge on any atom is 0.136 e. The third kappa shape index (κ3) is 5.27. The van der Waals surface area contributed by atoms with Gasteiger partial charge in [0.1, 0.15) is 11.6 Å². The average molecular weight is 293 g/mol. The van der Waals surface area contributed by atoms with Crippen LogP contribution in [0.3, 0.4) is 0 Å². The number of aromatic nitrogens is 2. The van der Waals surface area contributed by atoms with Gasteiger partial charge < -0.3 is 10.0 Å². The molecule has 120 valence electrons. The van der Waals surface area contributed by atoms with Gasteiger partial charge in [0, 0.05) is 30.5 Å². The molecule has 1 rings (SSSR count). The second-order valence-corrected chi connectivity index (χ2v) is 7.99. The Kier molecular flexibility index (Phi) is 5.37. The zero-order chi connectivity index (χ0) is 16.4. The number of aliphatic hydroxyl groups is 1. The number of aliphatic hydroxyl groups excluding tert-OH is 1. The Hall–Kier alpha value is -1.16. The molecule has 4 heteroatoms. The Morgan fingerprint density at radius 1 is 1.10 bits per heavy atom. The van der Waals surface area contributed by atoms with Gasteiger partial charge >= 0.3 is 0 Å². The Labute approximate surface area is 129 Å². The number of nitrogens with zero attached hydrogens (tertiary/aromatic N) is 3. The molecular formula is C17H31N3O. The predicted molar refractivity (Wildman–Crippen MR) is 89.0 cm³/mol. The minimum Gasteiger partial charge on any atom is -0.393 e. The maximum atomic E-state index is 9.46. The van der Waals surface area contributed by atoms with E-state index >= 15 is 0 Å². The normalized spacial score (nSPS) is 14.1. The van der Waals surface area contributed by atoms with E-state index in [2.05, 4.69) is 52.5 Å². The molecule has 0 radical (unpaired) electrons. The van der Waals surface area contributed by atoms with Crippen molar-refractivity contribution < 1.29 is 5.11 Å². The van der Waals surface area contributed by atoms with E-state index in [1.54, 1.807) is 0 Å². The monoisotopic (exact) mass is 293 g/mol. The van der Waals surface area contributed by atoms with Crippen LogP contribution in [0.4, 0.5) is 5.82 Å². The van der Waals surface area contributed by atoms with Gasteiger partial charge in [-0.05, 0) is 13.3 Å². The number of anilines is 1. The van der Waals surface area contributed by atoms with E-state index < -0.39 is 0 Å². The van der Waals surface area contributed by atoms with Gasteiger partial charge in [0.25, 0.3) is 0 Å². The molecule has 21 heavy (non-hydrogen) atoms. The van der Waals surface area contributed by atoms with Crippen LogP contribution in [0.5, 0.6) is 0 Å². The van der Waals surface area contributed by atoms with Crippen molar-refractivity contribution in [1.29, 1.82) is 0 Å². The highest BCUT2D eigenvalue weighted by Crippen LogP contribution is 2.27. The van der Waals surface area contributed by atoms with Crippen LogP contribution in [0.15, 0.2) is 6.07 Å². The van der Waals surface area contributed by atoms with E-state index in [1.807, 2.05) is 14.0 Å². The summed E-state index contributed by atoms with van der Waals surface area (Å²) in [4.78, 5) is 11.6. The van der Waals surface area contributed by atoms with E-state index in [9.17, 15) is 5.11 Å². The van der Waals surface area contributed by atoms with Crippen molar-refractivity contribution in [1.82, 2.24) is 9.97 Å². The molecule has 0 aliphatic carbocycles. The van der Waals surface area contributed by atoms with Gasteiger partial charge in [0.05, 0.1) is 11.8 Å². The van der Waals surface area contributed by atoms with Crippen molar-refractivity contribution in [3.05, 3.63) is 17.6 Å². The fourth-order valence-corrected chi connectivity index (χ4v) is 1.84. The van der Waals surface area contributed by atoms with Crippen molar-refractivity contribution in [2.75, 3.05) is 18.5 Å². The highest BCUT2D eigenvalue weighted by molar-refractivity contribution is 5.41. The Morgan fingerprint density at radius 3 is 2.10 bits per heavy atom. The summed E-state index contributed by atoms with van der Waals surface area (Å²) in [6, 6.07) is 2.07. The smallest absolute Gasteiger partial charge is 0.136 e. The SMILES string of the molecule is CC(O)CCN(C)c1cc(C(C)(C)C)nc(C(C)(C)C)n1. The molecule has 0 saturated carbocycles. The predicted octanol–water partition coefficient (Wildman–Crippen LogP) is 3.28. The molecule has 0 aromatic carbocycles. The Balaban J connectivity index is 3.19. The summed E-state index contributed by atoms with van der Waals surface area (Å²) in [5.74, 6) is 1.80. The lowest BCUT2D eigenvalue weighted by Gasteiger charge is -2.27. The molecule has 4 nitrogen and oxygen atoms in total. The van der Waals surface area contributed by atoms with Crippen LogP contribution in [0.2, 0.25) is 0 Å². The molecule has 1 aromatic heterocycles. The molecule has 0 aliphatic rings. The van der Waals surface area contributed by atoms with E-state index in [0.29, 0.717) is 0 Å². The van der Waals surface area contributed by atoms with Crippen molar-refractivity contribution in [2.24, 2.45) is 0 Å². The van der Waals surface area contributed by atoms with E-state index in [0.717, 1.165) is 30.3 Å². The topological polar surface area (TPSA) is 49.2 Å². The summed E-state index contributed by atoms with van der Waals surface area (Å²) in [5, 5.41) is 9.46. The van der Waals surface area contributed by atoms with Gasteiger partial charge in [-0.3, -0.25) is 0 Å². The lowest BCUT2D eigenvalue weighted by atomic mass is 9.90. The Bertz CT molecular complexity index is 438. The van der Waals surface area contributed by atoms with Gasteiger partial charge in [-0.25, -0.2) is 9.97 Å². The summed E-state index contributed by atoms with van der Waals surface area (Å²) in [6.45, 7) is 15.5. The van der Waals surface area contributed by atoms with Crippen LogP contribution in [0.1, 0.15) is 66.4 Å². The van der Waals surface area contributed by atoms with Gasteiger partial charge in [-0.2, -0.15) is 0 Å². The van der Waals surface area contributed by atoms with E-state index in [4.69, 9.17) is 9.97 Å². The highest BCUT2D eigenvalue weighted by Gasteiger charge is 2.24. The van der Waals surface area contributed by atoms with Crippen LogP contribution < -0.4 is 4.90 Å². The zero-order valence-electron chi connectivity index (χ0n) is 14.9. The second kappa shape index (κ2) is 6.30. The largest absolute Gasteiger partial charge is 0.393 e. The fraction of sp³-hybridized carbons (Fsp3) is 0.765. The molecule has 0 spiro atoms. The third-order valence-electron chi connectivity index (χ3n) is 3.43. The van der Waals surface area contributed by atoms with Crippen LogP contribution in [-0.4, -0.2) is 34.8 Å². The lowest BCUT2D eigenvalue weighted by Crippen LogP contribution is -2.27. The first-order valence-corrected chi connectivity index (χ1v) is 7.70. The van der Waals surface area contributed by atoms with Gasteiger partial charge in [-0.1, -0.05) is 41.5 Å². The first kappa shape index (κ1) is 17.9. The van der Waals surface area contributed by atoms with Gasteiger partial charge in [0.15, 0.2) is 0 Å². The van der Waals surface area contributed by atoms with E-state index in [-0.39, 0.29) is 16.9 Å². The molecular weight excluding hydrogens is 262 g/mol. The molecule has 0 amide bonds. The highest BCUT2D eigenvalue weighted by atomic mass is 16.3. The van der Waals surface area contributed by atoms with Crippen LogP contribution in [0, 0.1) is 0 Å². The van der Waals surface area contributed by atoms with Gasteiger partial charge in [-0.15, -0.1) is 0 Å². The third-order valence-corrected chi connectivity index (χ3v) is 3.43. The number of hydrogen-bond acceptors (Lipinski definition) is 4. The minimum absolute atomic E-state index is 0.0111. The Morgan fingerprint density at radius 2 is 1.67 bits per heavy atom. The summed E-state index contributed by atoms with van der Waals surface area (Å²) in [6.07, 6.45) is 0.439. The van der Waals surface area contributed by atoms with E-state index in [1.165, 1.54) is 0 Å². The molecule has 1 atom stereocenters. The molecule has 0 bridgehead atoms. The molecule has 1 N–H and O–H groups in total. The molecule has 0 saturated heterocycles. The summed E-state index contributed by atoms with van der Waals surface area (Å²) < 4.78 is 0. The molecule has 1 aromatic rings. The minimum atomic E-state index is -0.293. The van der Waals surface area contributed by atoms with Crippen LogP contribution >= 0.6 is 0 Å². The van der Waals surface area contributed by atoms with Gasteiger partial charge in [0.2, 0.25) is 0 Å². The number of rotatable bonds is 4. The number of hydrogen-bond donors (Lipinski definition) is 1. The zero-order valence-corrected chi connectivity index (χ0v) is 14.9. The average Bonchev–Trinajstić information content (AvgIpc) is 2.33. The second-order valence-electron chi connectivity index (χ2n) is 7.99. The molecule has 0 aliphatic heterocycles. The maximum absolute atomic E-state index is 9.46. The molecule has 0 fully saturated rings. The summed E-state index contributed by atoms with van der Waals surface area (Å²) in [7, 11) is 2.02. The summed E-state index contributed by atoms with van der Waals surface area (Å²) >= 11 is 0. The van der Waals surface area contributed by atoms with Crippen LogP contribution in [0.25, 0.3) is 0 Å². The first-order valence-electron chi connectivity index (χ1n) is 7.70. The quantitative estimate of drug-likeness (QED) is 0.925. The van der Waals surface area contributed by atoms with Crippen LogP contribution in [-0.2, 0) is 10.8 Å². The first-order chi connectivity index (χ1) is 9.41. The fourth-order valence-electron chi connectivity index (χ4n) is 1.84. The van der Waals surface area contributed by atoms with Crippen molar-refractivity contribution in [2.45, 2.75) is 71.8 Å². The molecule has 1 heterocycles.